The topological polar surface area (TPSA) is 0 Å². The molecule has 0 radical (unpaired) electrons. The molecule has 0 N–H and O–H groups in total. The van der Waals surface area contributed by atoms with E-state index in [0.29, 0.717) is 0 Å². The van der Waals surface area contributed by atoms with Gasteiger partial charge in [-0.15, -0.1) is 0 Å². The molecule has 0 saturated carbocycles. The Morgan fingerprint density at radius 1 is 0.333 bits per heavy atom. The lowest BCUT2D eigenvalue weighted by Gasteiger charge is -2.26. The van der Waals surface area contributed by atoms with Crippen LogP contribution in [0.4, 0.5) is 0 Å². The molecule has 5 aromatic carbocycles. The first-order valence-electron chi connectivity index (χ1n) is 11.6. The second-order valence-electron chi connectivity index (χ2n) is 8.57. The van der Waals surface area contributed by atoms with Gasteiger partial charge in [-0.1, -0.05) is 140 Å². The Balaban J connectivity index is 1.70. The normalized spacial score (nSPS) is 11.1. The van der Waals surface area contributed by atoms with E-state index in [2.05, 4.69) is 146 Å². The van der Waals surface area contributed by atoms with Crippen LogP contribution in [0.1, 0.15) is 50.8 Å². The summed E-state index contributed by atoms with van der Waals surface area (Å²) in [5.41, 5.74) is 9.36. The standard InChI is InChI=1S/C33H28/c1-25-30(32(26-15-6-2-7-16-26)27-17-8-3-9-18-27)23-14-24-31(25)33(28-19-10-4-11-20-28)29-21-12-5-13-22-29/h2-24,32-33H,1H3. The van der Waals surface area contributed by atoms with Gasteiger partial charge in [0.1, 0.15) is 0 Å². The van der Waals surface area contributed by atoms with Gasteiger partial charge in [-0.25, -0.2) is 0 Å². The molecular weight excluding hydrogens is 396 g/mol. The maximum absolute atomic E-state index is 2.30. The zero-order chi connectivity index (χ0) is 22.5. The van der Waals surface area contributed by atoms with E-state index in [1.54, 1.807) is 0 Å². The Morgan fingerprint density at radius 2 is 0.606 bits per heavy atom. The minimum Gasteiger partial charge on any atom is -0.0622 e. The van der Waals surface area contributed by atoms with Crippen molar-refractivity contribution in [2.45, 2.75) is 18.8 Å². The minimum absolute atomic E-state index is 0.194. The first-order chi connectivity index (χ1) is 16.3. The molecule has 160 valence electrons. The molecule has 0 saturated heterocycles. The monoisotopic (exact) mass is 424 g/mol. The number of benzene rings is 5. The summed E-state index contributed by atoms with van der Waals surface area (Å²) in [5.74, 6) is 0.388. The predicted octanol–water partition coefficient (Wildman–Crippen LogP) is 8.36. The van der Waals surface area contributed by atoms with Crippen molar-refractivity contribution in [1.29, 1.82) is 0 Å². The van der Waals surface area contributed by atoms with Crippen molar-refractivity contribution in [3.63, 3.8) is 0 Å². The van der Waals surface area contributed by atoms with Crippen LogP contribution >= 0.6 is 0 Å². The van der Waals surface area contributed by atoms with Crippen LogP contribution in [0.3, 0.4) is 0 Å². The molecule has 0 unspecified atom stereocenters. The fraction of sp³-hybridized carbons (Fsp3) is 0.0909. The van der Waals surface area contributed by atoms with Gasteiger partial charge in [-0.3, -0.25) is 0 Å². The maximum atomic E-state index is 2.30. The molecule has 0 atom stereocenters. The third-order valence-electron chi connectivity index (χ3n) is 6.57. The summed E-state index contributed by atoms with van der Waals surface area (Å²) in [4.78, 5) is 0. The molecule has 0 aliphatic carbocycles. The van der Waals surface area contributed by atoms with Crippen molar-refractivity contribution in [3.05, 3.63) is 178 Å². The molecule has 0 fully saturated rings. The summed E-state index contributed by atoms with van der Waals surface area (Å²) in [6.07, 6.45) is 0. The molecule has 33 heavy (non-hydrogen) atoms. The average molecular weight is 425 g/mol. The molecule has 0 aromatic heterocycles. The Morgan fingerprint density at radius 3 is 0.879 bits per heavy atom. The molecule has 0 aliphatic heterocycles. The van der Waals surface area contributed by atoms with Gasteiger partial charge < -0.3 is 0 Å². The van der Waals surface area contributed by atoms with E-state index in [1.807, 2.05) is 0 Å². The first kappa shape index (κ1) is 21.0. The van der Waals surface area contributed by atoms with Crippen molar-refractivity contribution < 1.29 is 0 Å². The second kappa shape index (κ2) is 9.71. The van der Waals surface area contributed by atoms with Crippen LogP contribution in [0.5, 0.6) is 0 Å². The highest BCUT2D eigenvalue weighted by molar-refractivity contribution is 5.53. The van der Waals surface area contributed by atoms with Crippen molar-refractivity contribution in [1.82, 2.24) is 0 Å². The van der Waals surface area contributed by atoms with Crippen molar-refractivity contribution >= 4 is 0 Å². The van der Waals surface area contributed by atoms with Crippen LogP contribution in [0.15, 0.2) is 140 Å². The summed E-state index contributed by atoms with van der Waals surface area (Å²) in [5, 5.41) is 0. The fourth-order valence-corrected chi connectivity index (χ4v) is 4.98. The van der Waals surface area contributed by atoms with Crippen LogP contribution in [-0.2, 0) is 0 Å². The lowest BCUT2D eigenvalue weighted by molar-refractivity contribution is 0.917. The van der Waals surface area contributed by atoms with Crippen LogP contribution < -0.4 is 0 Å². The van der Waals surface area contributed by atoms with E-state index in [9.17, 15) is 0 Å². The van der Waals surface area contributed by atoms with Gasteiger partial charge in [0.05, 0.1) is 0 Å². The van der Waals surface area contributed by atoms with Crippen LogP contribution in [-0.4, -0.2) is 0 Å². The molecule has 0 amide bonds. The van der Waals surface area contributed by atoms with E-state index in [1.165, 1.54) is 38.9 Å². The summed E-state index contributed by atoms with van der Waals surface area (Å²) >= 11 is 0. The SMILES string of the molecule is Cc1c(C(c2ccccc2)c2ccccc2)cccc1C(c1ccccc1)c1ccccc1. The van der Waals surface area contributed by atoms with E-state index >= 15 is 0 Å². The zero-order valence-electron chi connectivity index (χ0n) is 18.9. The van der Waals surface area contributed by atoms with Gasteiger partial charge in [-0.2, -0.15) is 0 Å². The average Bonchev–Trinajstić information content (AvgIpc) is 2.89. The van der Waals surface area contributed by atoms with Gasteiger partial charge in [0.15, 0.2) is 0 Å². The lowest BCUT2D eigenvalue weighted by Crippen LogP contribution is -2.10. The smallest absolute Gasteiger partial charge is 0.0342 e. The largest absolute Gasteiger partial charge is 0.0622 e. The molecule has 5 rings (SSSR count). The molecule has 0 nitrogen and oxygen atoms in total. The zero-order valence-corrected chi connectivity index (χ0v) is 18.9. The number of hydrogen-bond donors (Lipinski definition) is 0. The third kappa shape index (κ3) is 4.38. The molecule has 5 aromatic rings. The van der Waals surface area contributed by atoms with E-state index in [4.69, 9.17) is 0 Å². The van der Waals surface area contributed by atoms with E-state index in [0.717, 1.165) is 0 Å². The van der Waals surface area contributed by atoms with Gasteiger partial charge in [0.25, 0.3) is 0 Å². The molecule has 0 heterocycles. The highest BCUT2D eigenvalue weighted by Gasteiger charge is 2.24. The predicted molar refractivity (Wildman–Crippen MR) is 139 cm³/mol. The molecule has 0 heteroatoms. The van der Waals surface area contributed by atoms with Gasteiger partial charge in [0, 0.05) is 11.8 Å². The number of hydrogen-bond acceptors (Lipinski definition) is 0. The molecule has 0 bridgehead atoms. The molecular formula is C33H28. The second-order valence-corrected chi connectivity index (χ2v) is 8.57. The first-order valence-corrected chi connectivity index (χ1v) is 11.6. The molecule has 0 spiro atoms. The van der Waals surface area contributed by atoms with Crippen molar-refractivity contribution in [3.8, 4) is 0 Å². The van der Waals surface area contributed by atoms with Crippen LogP contribution in [0, 0.1) is 6.92 Å². The Bertz CT molecular complexity index is 1110. The van der Waals surface area contributed by atoms with Gasteiger partial charge in [-0.05, 0) is 45.9 Å². The maximum Gasteiger partial charge on any atom is 0.0342 e. The lowest BCUT2D eigenvalue weighted by atomic mass is 9.77. The van der Waals surface area contributed by atoms with Crippen LogP contribution in [0.25, 0.3) is 0 Å². The minimum atomic E-state index is 0.194. The summed E-state index contributed by atoms with van der Waals surface area (Å²) in [6.45, 7) is 2.29. The van der Waals surface area contributed by atoms with Crippen molar-refractivity contribution in [2.24, 2.45) is 0 Å². The van der Waals surface area contributed by atoms with E-state index < -0.39 is 0 Å². The highest BCUT2D eigenvalue weighted by atomic mass is 14.3. The quantitative estimate of drug-likeness (QED) is 0.240. The summed E-state index contributed by atoms with van der Waals surface area (Å²) in [7, 11) is 0. The third-order valence-corrected chi connectivity index (χ3v) is 6.57. The van der Waals surface area contributed by atoms with Gasteiger partial charge >= 0.3 is 0 Å². The fourth-order valence-electron chi connectivity index (χ4n) is 4.98. The summed E-state index contributed by atoms with van der Waals surface area (Å²) in [6, 6.07) is 50.3. The summed E-state index contributed by atoms with van der Waals surface area (Å²) < 4.78 is 0. The van der Waals surface area contributed by atoms with Crippen molar-refractivity contribution in [2.75, 3.05) is 0 Å². The number of rotatable bonds is 6. The highest BCUT2D eigenvalue weighted by Crippen LogP contribution is 2.39. The van der Waals surface area contributed by atoms with Crippen LogP contribution in [0.2, 0.25) is 0 Å². The Hall–Kier alpha value is -3.90. The Labute approximate surface area is 197 Å². The van der Waals surface area contributed by atoms with E-state index in [-0.39, 0.29) is 11.8 Å². The van der Waals surface area contributed by atoms with Gasteiger partial charge in [0.2, 0.25) is 0 Å². The molecule has 0 aliphatic rings. The Kier molecular flexibility index (Phi) is 6.17.